The van der Waals surface area contributed by atoms with Crippen LogP contribution in [0.25, 0.3) is 43.8 Å². The minimum Gasteiger partial charge on any atom is -0.0950 e. The van der Waals surface area contributed by atoms with Crippen molar-refractivity contribution in [1.29, 1.82) is 0 Å². The van der Waals surface area contributed by atoms with Gasteiger partial charge >= 0.3 is 0 Å². The molecule has 0 bridgehead atoms. The van der Waals surface area contributed by atoms with Gasteiger partial charge in [0.1, 0.15) is 0 Å². The van der Waals surface area contributed by atoms with Crippen LogP contribution in [0, 0.1) is 25.7 Å². The average molecular weight is 419 g/mol. The van der Waals surface area contributed by atoms with E-state index in [2.05, 4.69) is 115 Å². The molecule has 0 unspecified atom stereocenters. The molecule has 0 aliphatic rings. The fraction of sp³-hybridized carbons (Fsp3) is 0.250. The lowest BCUT2D eigenvalue weighted by Gasteiger charge is -2.24. The number of hydrogen-bond donors (Lipinski definition) is 0. The molecular weight excluding hydrogens is 384 g/mol. The summed E-state index contributed by atoms with van der Waals surface area (Å²) in [6.07, 6.45) is 0. The molecule has 0 aliphatic heterocycles. The molecule has 162 valence electrons. The van der Waals surface area contributed by atoms with Gasteiger partial charge in [-0.15, -0.1) is 0 Å². The molecule has 0 aliphatic carbocycles. The SMILES string of the molecule is C=C(c1cc2ccccc2c(-c2c(C)c(C(=C)C(C)C)cc3ccccc23)c1C)C(C)C. The van der Waals surface area contributed by atoms with Crippen LogP contribution in [-0.2, 0) is 0 Å². The van der Waals surface area contributed by atoms with E-state index in [4.69, 9.17) is 0 Å². The number of hydrogen-bond acceptors (Lipinski definition) is 0. The highest BCUT2D eigenvalue weighted by atomic mass is 14.2. The minimum atomic E-state index is 0.396. The van der Waals surface area contributed by atoms with Crippen molar-refractivity contribution in [2.24, 2.45) is 11.8 Å². The highest BCUT2D eigenvalue weighted by molar-refractivity contribution is 6.10. The molecular formula is C32H34. The third kappa shape index (κ3) is 3.58. The monoisotopic (exact) mass is 418 g/mol. The molecule has 0 aromatic heterocycles. The predicted octanol–water partition coefficient (Wildman–Crippen LogP) is 9.62. The van der Waals surface area contributed by atoms with Crippen LogP contribution in [-0.4, -0.2) is 0 Å². The lowest BCUT2D eigenvalue weighted by Crippen LogP contribution is -2.02. The normalized spacial score (nSPS) is 11.6. The van der Waals surface area contributed by atoms with Gasteiger partial charge in [-0.2, -0.15) is 0 Å². The van der Waals surface area contributed by atoms with E-state index in [0.29, 0.717) is 11.8 Å². The predicted molar refractivity (Wildman–Crippen MR) is 144 cm³/mol. The van der Waals surface area contributed by atoms with Gasteiger partial charge in [0.05, 0.1) is 0 Å². The molecule has 0 heterocycles. The summed E-state index contributed by atoms with van der Waals surface area (Å²) in [7, 11) is 0. The topological polar surface area (TPSA) is 0 Å². The van der Waals surface area contributed by atoms with Gasteiger partial charge < -0.3 is 0 Å². The maximum Gasteiger partial charge on any atom is -0.00609 e. The van der Waals surface area contributed by atoms with Gasteiger partial charge in [-0.05, 0) is 104 Å². The molecule has 4 aromatic rings. The minimum absolute atomic E-state index is 0.396. The van der Waals surface area contributed by atoms with E-state index in [1.807, 2.05) is 0 Å². The third-order valence-electron chi connectivity index (χ3n) is 6.95. The molecule has 0 nitrogen and oxygen atoms in total. The van der Waals surface area contributed by atoms with Crippen LogP contribution in [0.2, 0.25) is 0 Å². The van der Waals surface area contributed by atoms with Crippen LogP contribution in [0.3, 0.4) is 0 Å². The highest BCUT2D eigenvalue weighted by Gasteiger charge is 2.21. The zero-order valence-electron chi connectivity index (χ0n) is 20.3. The van der Waals surface area contributed by atoms with Crippen molar-refractivity contribution in [2.75, 3.05) is 0 Å². The highest BCUT2D eigenvalue weighted by Crippen LogP contribution is 2.44. The molecule has 0 saturated carbocycles. The molecule has 0 saturated heterocycles. The summed E-state index contributed by atoms with van der Waals surface area (Å²) in [4.78, 5) is 0. The van der Waals surface area contributed by atoms with E-state index >= 15 is 0 Å². The van der Waals surface area contributed by atoms with E-state index in [0.717, 1.165) is 0 Å². The first-order valence-electron chi connectivity index (χ1n) is 11.7. The van der Waals surface area contributed by atoms with Crippen LogP contribution < -0.4 is 0 Å². The first-order valence-corrected chi connectivity index (χ1v) is 11.7. The van der Waals surface area contributed by atoms with E-state index in [-0.39, 0.29) is 0 Å². The molecule has 4 rings (SSSR count). The largest absolute Gasteiger partial charge is 0.0950 e. The van der Waals surface area contributed by atoms with Crippen LogP contribution in [0.1, 0.15) is 49.9 Å². The number of fused-ring (bicyclic) bond motifs is 2. The van der Waals surface area contributed by atoms with E-state index in [9.17, 15) is 0 Å². The number of allylic oxidation sites excluding steroid dienone is 2. The first-order chi connectivity index (χ1) is 15.2. The summed E-state index contributed by atoms with van der Waals surface area (Å²) in [5.41, 5.74) is 10.2. The molecule has 0 atom stereocenters. The molecule has 0 radical (unpaired) electrons. The Kier molecular flexibility index (Phi) is 5.82. The Hall–Kier alpha value is -3.12. The van der Waals surface area contributed by atoms with E-state index in [1.54, 1.807) is 0 Å². The zero-order valence-corrected chi connectivity index (χ0v) is 20.3. The second-order valence-corrected chi connectivity index (χ2v) is 9.65. The standard InChI is InChI=1S/C32H34/c1-19(2)21(5)29-17-25-13-9-11-15-27(25)31(23(29)7)32-24(8)30(22(6)20(3)4)18-26-14-10-12-16-28(26)32/h9-20H,5-6H2,1-4,7-8H3. The quantitative estimate of drug-likeness (QED) is 0.302. The number of rotatable bonds is 5. The van der Waals surface area contributed by atoms with Crippen molar-refractivity contribution < 1.29 is 0 Å². The Morgan fingerprint density at radius 2 is 0.938 bits per heavy atom. The van der Waals surface area contributed by atoms with Crippen molar-refractivity contribution >= 4 is 32.7 Å². The maximum absolute atomic E-state index is 4.47. The lowest BCUT2D eigenvalue weighted by atomic mass is 9.80. The van der Waals surface area contributed by atoms with Crippen molar-refractivity contribution in [2.45, 2.75) is 41.5 Å². The Morgan fingerprint density at radius 1 is 0.594 bits per heavy atom. The van der Waals surface area contributed by atoms with Gasteiger partial charge in [-0.1, -0.05) is 89.4 Å². The third-order valence-corrected chi connectivity index (χ3v) is 6.95. The summed E-state index contributed by atoms with van der Waals surface area (Å²) >= 11 is 0. The fourth-order valence-corrected chi connectivity index (χ4v) is 4.84. The molecule has 0 N–H and O–H groups in total. The van der Waals surface area contributed by atoms with Gasteiger partial charge in [-0.3, -0.25) is 0 Å². The Morgan fingerprint density at radius 3 is 1.28 bits per heavy atom. The Balaban J connectivity index is 2.21. The molecule has 0 heteroatoms. The Labute approximate surface area is 193 Å². The summed E-state index contributed by atoms with van der Waals surface area (Å²) in [6.45, 7) is 22.4. The van der Waals surface area contributed by atoms with E-state index in [1.165, 1.54) is 66.1 Å². The van der Waals surface area contributed by atoms with Crippen molar-refractivity contribution in [3.63, 3.8) is 0 Å². The fourth-order valence-electron chi connectivity index (χ4n) is 4.84. The van der Waals surface area contributed by atoms with Gasteiger partial charge in [-0.25, -0.2) is 0 Å². The van der Waals surface area contributed by atoms with E-state index < -0.39 is 0 Å². The summed E-state index contributed by atoms with van der Waals surface area (Å²) < 4.78 is 0. The smallest absolute Gasteiger partial charge is 0.00609 e. The molecule has 4 aromatic carbocycles. The van der Waals surface area contributed by atoms with Crippen LogP contribution in [0.4, 0.5) is 0 Å². The van der Waals surface area contributed by atoms with Gasteiger partial charge in [0, 0.05) is 0 Å². The van der Waals surface area contributed by atoms with Gasteiger partial charge in [0.15, 0.2) is 0 Å². The summed E-state index contributed by atoms with van der Waals surface area (Å²) in [6, 6.07) is 22.2. The zero-order chi connectivity index (χ0) is 23.2. The second-order valence-electron chi connectivity index (χ2n) is 9.65. The molecule has 0 amide bonds. The van der Waals surface area contributed by atoms with Crippen LogP contribution in [0.15, 0.2) is 73.8 Å². The van der Waals surface area contributed by atoms with Crippen molar-refractivity contribution in [3.8, 4) is 11.1 Å². The summed E-state index contributed by atoms with van der Waals surface area (Å²) in [5, 5.41) is 5.12. The van der Waals surface area contributed by atoms with Gasteiger partial charge in [0.2, 0.25) is 0 Å². The molecule has 32 heavy (non-hydrogen) atoms. The van der Waals surface area contributed by atoms with Crippen LogP contribution in [0.5, 0.6) is 0 Å². The van der Waals surface area contributed by atoms with Crippen LogP contribution >= 0.6 is 0 Å². The molecule has 0 spiro atoms. The Bertz CT molecular complexity index is 1250. The second kappa shape index (κ2) is 8.43. The van der Waals surface area contributed by atoms with Crippen molar-refractivity contribution in [1.82, 2.24) is 0 Å². The number of benzene rings is 4. The van der Waals surface area contributed by atoms with Gasteiger partial charge in [0.25, 0.3) is 0 Å². The summed E-state index contributed by atoms with van der Waals surface area (Å²) in [5.74, 6) is 0.792. The average Bonchev–Trinajstić information content (AvgIpc) is 2.78. The maximum atomic E-state index is 4.47. The molecule has 0 fully saturated rings. The lowest BCUT2D eigenvalue weighted by molar-refractivity contribution is 0.856. The first kappa shape index (κ1) is 22.1. The van der Waals surface area contributed by atoms with Crippen molar-refractivity contribution in [3.05, 3.63) is 96.1 Å².